The van der Waals surface area contributed by atoms with Crippen molar-refractivity contribution in [1.29, 1.82) is 0 Å². The van der Waals surface area contributed by atoms with Crippen molar-refractivity contribution in [3.63, 3.8) is 0 Å². The third kappa shape index (κ3) is 3.78. The molecule has 1 aromatic heterocycles. The summed E-state index contributed by atoms with van der Waals surface area (Å²) in [5.74, 6) is 0. The molecule has 0 aliphatic carbocycles. The van der Waals surface area contributed by atoms with Crippen LogP contribution < -0.4 is 4.90 Å². The Labute approximate surface area is 175 Å². The Morgan fingerprint density at radius 3 is 2.63 bits per heavy atom. The molecule has 0 unspecified atom stereocenters. The van der Waals surface area contributed by atoms with Crippen LogP contribution in [0.5, 0.6) is 0 Å². The van der Waals surface area contributed by atoms with E-state index in [1.807, 2.05) is 24.3 Å². The second kappa shape index (κ2) is 7.69. The molecular formula is C19H19IN4O2S. The van der Waals surface area contributed by atoms with Gasteiger partial charge >= 0.3 is 0 Å². The first kappa shape index (κ1) is 18.6. The van der Waals surface area contributed by atoms with Gasteiger partial charge in [0.2, 0.25) is 0 Å². The van der Waals surface area contributed by atoms with Gasteiger partial charge < -0.3 is 4.90 Å². The van der Waals surface area contributed by atoms with Gasteiger partial charge in [0.15, 0.2) is 0 Å². The molecule has 2 aromatic carbocycles. The minimum atomic E-state index is -0.284. The summed E-state index contributed by atoms with van der Waals surface area (Å²) in [6.07, 6.45) is 0. The van der Waals surface area contributed by atoms with Gasteiger partial charge in [0.1, 0.15) is 10.7 Å². The standard InChI is InChI=1S/C19H19IN4O2S/c1-13(19-21-15-4-2-3-5-18(15)27-19)22-8-10-23(11-9-22)16-7-6-14(20)12-17(16)24(25)26/h2-7,12-13H,8-11H2,1H3/t13-/m0/s1. The third-order valence-electron chi connectivity index (χ3n) is 5.00. The maximum atomic E-state index is 11.4. The van der Waals surface area contributed by atoms with E-state index in [4.69, 9.17) is 4.98 Å². The van der Waals surface area contributed by atoms with Crippen molar-refractivity contribution >= 4 is 55.5 Å². The number of benzene rings is 2. The van der Waals surface area contributed by atoms with Gasteiger partial charge in [0.25, 0.3) is 5.69 Å². The first-order chi connectivity index (χ1) is 13.0. The number of hydrogen-bond donors (Lipinski definition) is 0. The van der Waals surface area contributed by atoms with Crippen LogP contribution in [0.2, 0.25) is 0 Å². The van der Waals surface area contributed by atoms with Gasteiger partial charge in [-0.15, -0.1) is 11.3 Å². The number of aromatic nitrogens is 1. The number of nitro groups is 1. The van der Waals surface area contributed by atoms with Crippen LogP contribution in [-0.2, 0) is 0 Å². The Morgan fingerprint density at radius 2 is 1.93 bits per heavy atom. The van der Waals surface area contributed by atoms with Gasteiger partial charge in [0, 0.05) is 35.8 Å². The van der Waals surface area contributed by atoms with E-state index in [2.05, 4.69) is 51.4 Å². The molecular weight excluding hydrogens is 475 g/mol. The second-order valence-electron chi connectivity index (χ2n) is 6.61. The van der Waals surface area contributed by atoms with Crippen LogP contribution in [0.15, 0.2) is 42.5 Å². The molecule has 2 heterocycles. The van der Waals surface area contributed by atoms with Crippen molar-refractivity contribution in [2.24, 2.45) is 0 Å². The van der Waals surface area contributed by atoms with Crippen molar-refractivity contribution < 1.29 is 4.92 Å². The topological polar surface area (TPSA) is 62.5 Å². The van der Waals surface area contributed by atoms with E-state index < -0.39 is 0 Å². The van der Waals surface area contributed by atoms with Crippen molar-refractivity contribution in [2.45, 2.75) is 13.0 Å². The Bertz CT molecular complexity index is 952. The summed E-state index contributed by atoms with van der Waals surface area (Å²) < 4.78 is 2.10. The van der Waals surface area contributed by atoms with E-state index in [-0.39, 0.29) is 16.7 Å². The molecule has 4 rings (SSSR count). The smallest absolute Gasteiger partial charge is 0.293 e. The molecule has 0 amide bonds. The first-order valence-electron chi connectivity index (χ1n) is 8.81. The number of rotatable bonds is 4. The van der Waals surface area contributed by atoms with Gasteiger partial charge in [-0.3, -0.25) is 15.0 Å². The van der Waals surface area contributed by atoms with E-state index in [1.165, 1.54) is 4.70 Å². The Hall–Kier alpha value is -1.78. The largest absolute Gasteiger partial charge is 0.363 e. The molecule has 0 saturated carbocycles. The lowest BCUT2D eigenvalue weighted by atomic mass is 10.2. The third-order valence-corrected chi connectivity index (χ3v) is 6.88. The van der Waals surface area contributed by atoms with Crippen LogP contribution >= 0.6 is 33.9 Å². The fraction of sp³-hybridized carbons (Fsp3) is 0.316. The number of nitro benzene ring substituents is 1. The van der Waals surface area contributed by atoms with Crippen LogP contribution in [0.1, 0.15) is 18.0 Å². The normalized spacial score (nSPS) is 16.6. The number of fused-ring (bicyclic) bond motifs is 1. The maximum Gasteiger partial charge on any atom is 0.293 e. The number of para-hydroxylation sites is 1. The Kier molecular flexibility index (Phi) is 5.29. The molecule has 0 N–H and O–H groups in total. The number of halogens is 1. The van der Waals surface area contributed by atoms with Crippen LogP contribution in [0.4, 0.5) is 11.4 Å². The molecule has 0 bridgehead atoms. The molecule has 0 radical (unpaired) electrons. The molecule has 1 fully saturated rings. The molecule has 1 saturated heterocycles. The van der Waals surface area contributed by atoms with Crippen LogP contribution in [0, 0.1) is 13.7 Å². The summed E-state index contributed by atoms with van der Waals surface area (Å²) >= 11 is 3.86. The Balaban J connectivity index is 1.48. The summed E-state index contributed by atoms with van der Waals surface area (Å²) in [6.45, 7) is 5.47. The number of hydrogen-bond acceptors (Lipinski definition) is 6. The van der Waals surface area contributed by atoms with E-state index in [0.29, 0.717) is 5.69 Å². The maximum absolute atomic E-state index is 11.4. The SMILES string of the molecule is C[C@@H](c1nc2ccccc2s1)N1CCN(c2ccc(I)cc2[N+](=O)[O-])CC1. The fourth-order valence-corrected chi connectivity index (χ4v) is 5.01. The minimum Gasteiger partial charge on any atom is -0.363 e. The van der Waals surface area contributed by atoms with Crippen molar-refractivity contribution in [2.75, 3.05) is 31.1 Å². The molecule has 1 atom stereocenters. The van der Waals surface area contributed by atoms with Crippen LogP contribution in [0.25, 0.3) is 10.2 Å². The van der Waals surface area contributed by atoms with Crippen LogP contribution in [-0.4, -0.2) is 41.0 Å². The fourth-order valence-electron chi connectivity index (χ4n) is 3.49. The molecule has 3 aromatic rings. The van der Waals surface area contributed by atoms with Crippen LogP contribution in [0.3, 0.4) is 0 Å². The number of anilines is 1. The molecule has 1 aliphatic heterocycles. The lowest BCUT2D eigenvalue weighted by Gasteiger charge is -2.38. The summed E-state index contributed by atoms with van der Waals surface area (Å²) in [5.41, 5.74) is 1.96. The molecule has 8 heteroatoms. The zero-order chi connectivity index (χ0) is 19.0. The van der Waals surface area contributed by atoms with E-state index >= 15 is 0 Å². The van der Waals surface area contributed by atoms with Crippen molar-refractivity contribution in [3.8, 4) is 0 Å². The highest BCUT2D eigenvalue weighted by atomic mass is 127. The highest BCUT2D eigenvalue weighted by molar-refractivity contribution is 14.1. The van der Waals surface area contributed by atoms with Gasteiger partial charge in [0.05, 0.1) is 21.2 Å². The van der Waals surface area contributed by atoms with Gasteiger partial charge in [-0.25, -0.2) is 4.98 Å². The summed E-state index contributed by atoms with van der Waals surface area (Å²) in [5, 5.41) is 12.5. The Morgan fingerprint density at radius 1 is 1.19 bits per heavy atom. The summed E-state index contributed by atoms with van der Waals surface area (Å²) in [6, 6.07) is 13.9. The first-order valence-corrected chi connectivity index (χ1v) is 10.7. The van der Waals surface area contributed by atoms with Gasteiger partial charge in [-0.1, -0.05) is 12.1 Å². The van der Waals surface area contributed by atoms with Gasteiger partial charge in [-0.2, -0.15) is 0 Å². The number of nitrogens with zero attached hydrogens (tertiary/aromatic N) is 4. The number of piperazine rings is 1. The van der Waals surface area contributed by atoms with E-state index in [1.54, 1.807) is 17.4 Å². The quantitative estimate of drug-likeness (QED) is 0.299. The lowest BCUT2D eigenvalue weighted by molar-refractivity contribution is -0.384. The lowest BCUT2D eigenvalue weighted by Crippen LogP contribution is -2.47. The highest BCUT2D eigenvalue weighted by Gasteiger charge is 2.27. The van der Waals surface area contributed by atoms with Gasteiger partial charge in [-0.05, 0) is 53.8 Å². The zero-order valence-corrected chi connectivity index (χ0v) is 17.8. The van der Waals surface area contributed by atoms with Crippen molar-refractivity contribution in [3.05, 3.63) is 61.2 Å². The molecule has 6 nitrogen and oxygen atoms in total. The molecule has 140 valence electrons. The molecule has 0 spiro atoms. The molecule has 1 aliphatic rings. The number of thiazole rings is 1. The summed E-state index contributed by atoms with van der Waals surface area (Å²) in [4.78, 5) is 20.4. The zero-order valence-electron chi connectivity index (χ0n) is 14.8. The van der Waals surface area contributed by atoms with Crippen molar-refractivity contribution in [1.82, 2.24) is 9.88 Å². The average molecular weight is 494 g/mol. The summed E-state index contributed by atoms with van der Waals surface area (Å²) in [7, 11) is 0. The molecule has 27 heavy (non-hydrogen) atoms. The predicted octanol–water partition coefficient (Wildman–Crippen LogP) is 4.69. The minimum absolute atomic E-state index is 0.189. The monoisotopic (exact) mass is 494 g/mol. The van der Waals surface area contributed by atoms with E-state index in [0.717, 1.165) is 40.3 Å². The highest BCUT2D eigenvalue weighted by Crippen LogP contribution is 2.33. The predicted molar refractivity (Wildman–Crippen MR) is 118 cm³/mol. The van der Waals surface area contributed by atoms with E-state index in [9.17, 15) is 10.1 Å². The average Bonchev–Trinajstić information content (AvgIpc) is 3.11. The second-order valence-corrected chi connectivity index (χ2v) is 8.92.